The molecule has 0 spiro atoms. The van der Waals surface area contributed by atoms with Gasteiger partial charge in [0.1, 0.15) is 18.8 Å². The van der Waals surface area contributed by atoms with Crippen LogP contribution in [-0.2, 0) is 25.4 Å². The minimum Gasteiger partial charge on any atom is -0.458 e. The van der Waals surface area contributed by atoms with E-state index in [0.29, 0.717) is 12.5 Å². The lowest BCUT2D eigenvalue weighted by Crippen LogP contribution is -2.45. The molecule has 4 rings (SSSR count). The van der Waals surface area contributed by atoms with Gasteiger partial charge in [-0.25, -0.2) is 9.59 Å². The smallest absolute Gasteiger partial charge is 0.407 e. The molecule has 41 heavy (non-hydrogen) atoms. The van der Waals surface area contributed by atoms with Gasteiger partial charge in [0.25, 0.3) is 0 Å². The average molecular weight is 558 g/mol. The molecule has 0 fully saturated rings. The van der Waals surface area contributed by atoms with E-state index in [1.807, 2.05) is 49.4 Å². The highest BCUT2D eigenvalue weighted by Crippen LogP contribution is 2.44. The molecule has 0 radical (unpaired) electrons. The number of amides is 1. The summed E-state index contributed by atoms with van der Waals surface area (Å²) in [5.41, 5.74) is 5.82. The molecule has 0 bridgehead atoms. The van der Waals surface area contributed by atoms with Crippen LogP contribution in [-0.4, -0.2) is 43.5 Å². The fourth-order valence-electron chi connectivity index (χ4n) is 5.60. The minimum absolute atomic E-state index is 0.0510. The van der Waals surface area contributed by atoms with E-state index in [4.69, 9.17) is 14.2 Å². The van der Waals surface area contributed by atoms with Crippen LogP contribution >= 0.6 is 0 Å². The monoisotopic (exact) mass is 557 g/mol. The van der Waals surface area contributed by atoms with Crippen LogP contribution in [0.3, 0.4) is 0 Å². The van der Waals surface area contributed by atoms with E-state index < -0.39 is 24.2 Å². The number of fused-ring (bicyclic) bond motifs is 3. The summed E-state index contributed by atoms with van der Waals surface area (Å²) in [5.74, 6) is -0.0447. The van der Waals surface area contributed by atoms with Crippen LogP contribution in [0, 0.1) is 11.8 Å². The van der Waals surface area contributed by atoms with Crippen molar-refractivity contribution in [1.29, 1.82) is 0 Å². The zero-order valence-electron chi connectivity index (χ0n) is 24.8. The first-order chi connectivity index (χ1) is 19.8. The Kier molecular flexibility index (Phi) is 10.6. The number of ether oxygens (including phenoxy) is 3. The Morgan fingerprint density at radius 3 is 2.00 bits per heavy atom. The van der Waals surface area contributed by atoms with Crippen LogP contribution < -0.4 is 5.32 Å². The molecule has 1 aliphatic rings. The molecular formula is C35H43NO5. The lowest BCUT2D eigenvalue weighted by molar-refractivity contribution is -0.162. The predicted octanol–water partition coefficient (Wildman–Crippen LogP) is 7.16. The number of esters is 1. The molecule has 1 aliphatic carbocycles. The maximum Gasteiger partial charge on any atom is 0.407 e. The molecule has 4 atom stereocenters. The van der Waals surface area contributed by atoms with Crippen molar-refractivity contribution >= 4 is 12.1 Å². The van der Waals surface area contributed by atoms with Gasteiger partial charge in [0, 0.05) is 12.5 Å². The number of nitrogens with one attached hydrogen (secondary N) is 1. The average Bonchev–Trinajstić information content (AvgIpc) is 3.29. The van der Waals surface area contributed by atoms with Crippen molar-refractivity contribution < 1.29 is 23.8 Å². The Morgan fingerprint density at radius 1 is 0.829 bits per heavy atom. The second-order valence-corrected chi connectivity index (χ2v) is 11.4. The first-order valence-electron chi connectivity index (χ1n) is 14.8. The molecule has 0 unspecified atom stereocenters. The van der Waals surface area contributed by atoms with Crippen molar-refractivity contribution in [2.45, 2.75) is 71.6 Å². The number of rotatable bonds is 13. The molecule has 1 amide bonds. The lowest BCUT2D eigenvalue weighted by Gasteiger charge is -2.32. The van der Waals surface area contributed by atoms with Crippen molar-refractivity contribution in [3.05, 3.63) is 95.6 Å². The lowest BCUT2D eigenvalue weighted by atomic mass is 9.89. The summed E-state index contributed by atoms with van der Waals surface area (Å²) >= 11 is 0. The quantitative estimate of drug-likeness (QED) is 0.226. The molecule has 0 heterocycles. The second kappa shape index (κ2) is 14.3. The standard InChI is InChI=1S/C35H43NO5/c1-6-27(20-26-14-8-7-9-15-26)33(39-21-23(2)3)25(5)41-34(37)24(4)36-35(38)40-22-32-30-18-12-10-16-28(30)29-17-11-13-19-31(29)32/h7-19,23-25,27,32-33H,6,20-22H2,1-5H3,(H,36,38)/t24-,25-,27+,33-/m0/s1. The van der Waals surface area contributed by atoms with E-state index in [-0.39, 0.29) is 24.5 Å². The van der Waals surface area contributed by atoms with Crippen molar-refractivity contribution in [3.63, 3.8) is 0 Å². The van der Waals surface area contributed by atoms with E-state index in [1.54, 1.807) is 6.92 Å². The summed E-state index contributed by atoms with van der Waals surface area (Å²) in [5, 5.41) is 2.65. The molecule has 0 saturated carbocycles. The first-order valence-corrected chi connectivity index (χ1v) is 14.8. The number of hydrogen-bond acceptors (Lipinski definition) is 5. The Labute approximate surface area is 244 Å². The van der Waals surface area contributed by atoms with Crippen LogP contribution in [0.2, 0.25) is 0 Å². The van der Waals surface area contributed by atoms with E-state index in [0.717, 1.165) is 35.1 Å². The molecule has 6 nitrogen and oxygen atoms in total. The normalized spacial score (nSPS) is 15.4. The third kappa shape index (κ3) is 7.76. The van der Waals surface area contributed by atoms with Gasteiger partial charge in [0.15, 0.2) is 0 Å². The SMILES string of the molecule is CC[C@H](Cc1ccccc1)[C@@H](OCC(C)C)[C@H](C)OC(=O)[C@H](C)NC(=O)OCC1c2ccccc2-c2ccccc21. The van der Waals surface area contributed by atoms with Crippen LogP contribution in [0.1, 0.15) is 63.6 Å². The van der Waals surface area contributed by atoms with Gasteiger partial charge < -0.3 is 19.5 Å². The Balaban J connectivity index is 1.34. The molecule has 0 aliphatic heterocycles. The van der Waals surface area contributed by atoms with Gasteiger partial charge in [0.2, 0.25) is 0 Å². The number of alkyl carbamates (subject to hydrolysis) is 1. The fraction of sp³-hybridized carbons (Fsp3) is 0.429. The summed E-state index contributed by atoms with van der Waals surface area (Å²) in [6.07, 6.45) is 0.310. The minimum atomic E-state index is -0.868. The third-order valence-electron chi connectivity index (χ3n) is 7.75. The molecule has 0 aromatic heterocycles. The molecule has 3 aromatic rings. The Hall–Kier alpha value is -3.64. The Morgan fingerprint density at radius 2 is 1.41 bits per heavy atom. The van der Waals surface area contributed by atoms with Gasteiger partial charge in [-0.1, -0.05) is 106 Å². The highest BCUT2D eigenvalue weighted by atomic mass is 16.6. The zero-order chi connectivity index (χ0) is 29.4. The molecule has 3 aromatic carbocycles. The molecule has 1 N–H and O–H groups in total. The van der Waals surface area contributed by atoms with Crippen molar-refractivity contribution in [1.82, 2.24) is 5.32 Å². The maximum atomic E-state index is 13.0. The van der Waals surface area contributed by atoms with Gasteiger partial charge in [-0.3, -0.25) is 0 Å². The number of benzene rings is 3. The zero-order valence-corrected chi connectivity index (χ0v) is 24.8. The second-order valence-electron chi connectivity index (χ2n) is 11.4. The maximum absolute atomic E-state index is 13.0. The van der Waals surface area contributed by atoms with Crippen molar-refractivity contribution in [2.75, 3.05) is 13.2 Å². The first kappa shape index (κ1) is 30.3. The van der Waals surface area contributed by atoms with Gasteiger partial charge >= 0.3 is 12.1 Å². The van der Waals surface area contributed by atoms with Crippen LogP contribution in [0.4, 0.5) is 4.79 Å². The Bertz CT molecular complexity index is 1240. The number of carbonyl (C=O) groups excluding carboxylic acids is 2. The summed E-state index contributed by atoms with van der Waals surface area (Å²) < 4.78 is 17.8. The molecule has 218 valence electrons. The van der Waals surface area contributed by atoms with Crippen LogP contribution in [0.25, 0.3) is 11.1 Å². The van der Waals surface area contributed by atoms with Gasteiger partial charge in [0.05, 0.1) is 6.10 Å². The largest absolute Gasteiger partial charge is 0.458 e. The summed E-state index contributed by atoms with van der Waals surface area (Å²) in [7, 11) is 0. The predicted molar refractivity (Wildman–Crippen MR) is 162 cm³/mol. The van der Waals surface area contributed by atoms with Crippen LogP contribution in [0.15, 0.2) is 78.9 Å². The van der Waals surface area contributed by atoms with Gasteiger partial charge in [-0.2, -0.15) is 0 Å². The topological polar surface area (TPSA) is 73.9 Å². The van der Waals surface area contributed by atoms with Crippen molar-refractivity contribution in [3.8, 4) is 11.1 Å². The fourth-order valence-corrected chi connectivity index (χ4v) is 5.60. The van der Waals surface area contributed by atoms with E-state index >= 15 is 0 Å². The summed E-state index contributed by atoms with van der Waals surface area (Å²) in [4.78, 5) is 25.8. The molecular weight excluding hydrogens is 514 g/mol. The van der Waals surface area contributed by atoms with Crippen molar-refractivity contribution in [2.24, 2.45) is 11.8 Å². The van der Waals surface area contributed by atoms with Gasteiger partial charge in [-0.05, 0) is 59.9 Å². The van der Waals surface area contributed by atoms with E-state index in [2.05, 4.69) is 62.5 Å². The summed E-state index contributed by atoms with van der Waals surface area (Å²) in [6, 6.07) is 25.8. The summed E-state index contributed by atoms with van der Waals surface area (Å²) in [6.45, 7) is 10.6. The number of carbonyl (C=O) groups is 2. The van der Waals surface area contributed by atoms with E-state index in [1.165, 1.54) is 5.56 Å². The highest BCUT2D eigenvalue weighted by Gasteiger charge is 2.32. The number of hydrogen-bond donors (Lipinski definition) is 1. The van der Waals surface area contributed by atoms with E-state index in [9.17, 15) is 9.59 Å². The molecule has 0 saturated heterocycles. The molecule has 6 heteroatoms. The van der Waals surface area contributed by atoms with Gasteiger partial charge in [-0.15, -0.1) is 0 Å². The highest BCUT2D eigenvalue weighted by molar-refractivity contribution is 5.81. The third-order valence-corrected chi connectivity index (χ3v) is 7.75. The van der Waals surface area contributed by atoms with Crippen LogP contribution in [0.5, 0.6) is 0 Å².